The van der Waals surface area contributed by atoms with Crippen LogP contribution in [0.2, 0.25) is 0 Å². The quantitative estimate of drug-likeness (QED) is 0.879. The van der Waals surface area contributed by atoms with Crippen molar-refractivity contribution in [2.75, 3.05) is 5.32 Å². The van der Waals surface area contributed by atoms with Gasteiger partial charge in [0.1, 0.15) is 5.82 Å². The van der Waals surface area contributed by atoms with E-state index in [1.165, 1.54) is 6.07 Å². The molecule has 0 saturated carbocycles. The van der Waals surface area contributed by atoms with E-state index < -0.39 is 0 Å². The fourth-order valence-electron chi connectivity index (χ4n) is 1.74. The lowest BCUT2D eigenvalue weighted by atomic mass is 10.2. The molecule has 1 N–H and O–H groups in total. The average Bonchev–Trinajstić information content (AvgIpc) is 2.78. The number of hydrogen-bond acceptors (Lipinski definition) is 2. The summed E-state index contributed by atoms with van der Waals surface area (Å²) >= 11 is 0. The molecule has 1 heterocycles. The molecule has 0 spiro atoms. The predicted molar refractivity (Wildman–Crippen MR) is 66.4 cm³/mol. The molecule has 2 rings (SSSR count). The van der Waals surface area contributed by atoms with Crippen LogP contribution in [0.15, 0.2) is 30.5 Å². The van der Waals surface area contributed by atoms with Crippen LogP contribution in [0.4, 0.5) is 10.1 Å². The average molecular weight is 233 g/mol. The molecule has 0 saturated heterocycles. The lowest BCUT2D eigenvalue weighted by Gasteiger charge is -2.09. The molecule has 0 unspecified atom stereocenters. The van der Waals surface area contributed by atoms with Crippen LogP contribution in [0.5, 0.6) is 0 Å². The predicted octanol–water partition coefficient (Wildman–Crippen LogP) is 2.96. The molecule has 17 heavy (non-hydrogen) atoms. The van der Waals surface area contributed by atoms with E-state index in [0.717, 1.165) is 17.9 Å². The van der Waals surface area contributed by atoms with Gasteiger partial charge in [0.25, 0.3) is 0 Å². The van der Waals surface area contributed by atoms with Gasteiger partial charge < -0.3 is 5.32 Å². The number of nitrogens with one attached hydrogen (secondary N) is 1. The normalized spacial score (nSPS) is 10.5. The van der Waals surface area contributed by atoms with E-state index in [4.69, 9.17) is 0 Å². The van der Waals surface area contributed by atoms with Crippen LogP contribution >= 0.6 is 0 Å². The molecule has 0 aliphatic carbocycles. The second kappa shape index (κ2) is 4.99. The van der Waals surface area contributed by atoms with Crippen LogP contribution in [0.1, 0.15) is 18.2 Å². The minimum atomic E-state index is -0.172. The summed E-state index contributed by atoms with van der Waals surface area (Å²) in [5, 5.41) is 7.46. The first kappa shape index (κ1) is 11.6. The standard InChI is InChI=1S/C13H16FN3/c1-3-17-12(6-7-16-17)9-15-11-4-5-13(14)10(2)8-11/h4-8,15H,3,9H2,1-2H3. The summed E-state index contributed by atoms with van der Waals surface area (Å²) in [5.74, 6) is -0.172. The Morgan fingerprint density at radius 2 is 2.18 bits per heavy atom. The molecular weight excluding hydrogens is 217 g/mol. The highest BCUT2D eigenvalue weighted by Gasteiger charge is 2.02. The van der Waals surface area contributed by atoms with Crippen molar-refractivity contribution >= 4 is 5.69 Å². The van der Waals surface area contributed by atoms with Gasteiger partial charge >= 0.3 is 0 Å². The monoisotopic (exact) mass is 233 g/mol. The Labute approximate surface area is 100 Å². The van der Waals surface area contributed by atoms with E-state index in [0.29, 0.717) is 12.1 Å². The third kappa shape index (κ3) is 2.64. The second-order valence-electron chi connectivity index (χ2n) is 3.96. The van der Waals surface area contributed by atoms with Crippen LogP contribution < -0.4 is 5.32 Å². The fraction of sp³-hybridized carbons (Fsp3) is 0.308. The second-order valence-corrected chi connectivity index (χ2v) is 3.96. The Morgan fingerprint density at radius 1 is 1.35 bits per heavy atom. The van der Waals surface area contributed by atoms with Gasteiger partial charge in [-0.05, 0) is 43.7 Å². The number of anilines is 1. The van der Waals surface area contributed by atoms with Crippen molar-refractivity contribution in [3.8, 4) is 0 Å². The summed E-state index contributed by atoms with van der Waals surface area (Å²) in [7, 11) is 0. The number of hydrogen-bond donors (Lipinski definition) is 1. The van der Waals surface area contributed by atoms with E-state index >= 15 is 0 Å². The molecule has 0 radical (unpaired) electrons. The van der Waals surface area contributed by atoms with E-state index in [2.05, 4.69) is 17.3 Å². The number of aromatic nitrogens is 2. The Hall–Kier alpha value is -1.84. The van der Waals surface area contributed by atoms with Gasteiger partial charge in [-0.15, -0.1) is 0 Å². The van der Waals surface area contributed by atoms with Gasteiger partial charge in [0.15, 0.2) is 0 Å². The third-order valence-corrected chi connectivity index (χ3v) is 2.74. The number of benzene rings is 1. The maximum Gasteiger partial charge on any atom is 0.126 e. The molecule has 0 fully saturated rings. The smallest absolute Gasteiger partial charge is 0.126 e. The van der Waals surface area contributed by atoms with Gasteiger partial charge in [-0.1, -0.05) is 0 Å². The molecule has 2 aromatic rings. The molecule has 0 aliphatic rings. The molecule has 1 aromatic carbocycles. The van der Waals surface area contributed by atoms with Gasteiger partial charge in [0, 0.05) is 18.4 Å². The van der Waals surface area contributed by atoms with Gasteiger partial charge in [-0.25, -0.2) is 4.39 Å². The highest BCUT2D eigenvalue weighted by Crippen LogP contribution is 2.14. The van der Waals surface area contributed by atoms with Gasteiger partial charge in [0.05, 0.1) is 12.2 Å². The number of rotatable bonds is 4. The highest BCUT2D eigenvalue weighted by molar-refractivity contribution is 5.46. The van der Waals surface area contributed by atoms with Crippen molar-refractivity contribution in [1.82, 2.24) is 9.78 Å². The molecular formula is C13H16FN3. The molecule has 1 aromatic heterocycles. The van der Waals surface area contributed by atoms with Crippen molar-refractivity contribution < 1.29 is 4.39 Å². The fourth-order valence-corrected chi connectivity index (χ4v) is 1.74. The summed E-state index contributed by atoms with van der Waals surface area (Å²) in [5.41, 5.74) is 2.70. The topological polar surface area (TPSA) is 29.9 Å². The zero-order valence-corrected chi connectivity index (χ0v) is 10.1. The molecule has 0 amide bonds. The Balaban J connectivity index is 2.05. The van der Waals surface area contributed by atoms with Crippen LogP contribution in [-0.2, 0) is 13.1 Å². The maximum absolute atomic E-state index is 13.1. The van der Waals surface area contributed by atoms with Gasteiger partial charge in [0.2, 0.25) is 0 Å². The van der Waals surface area contributed by atoms with Crippen LogP contribution in [-0.4, -0.2) is 9.78 Å². The summed E-state index contributed by atoms with van der Waals surface area (Å²) in [6.45, 7) is 5.36. The number of aryl methyl sites for hydroxylation is 2. The van der Waals surface area contributed by atoms with Crippen molar-refractivity contribution in [3.63, 3.8) is 0 Å². The Bertz CT molecular complexity index is 505. The van der Waals surface area contributed by atoms with Gasteiger partial charge in [-0.2, -0.15) is 5.10 Å². The number of nitrogens with zero attached hydrogens (tertiary/aromatic N) is 2. The molecule has 0 aliphatic heterocycles. The minimum absolute atomic E-state index is 0.172. The molecule has 4 heteroatoms. The van der Waals surface area contributed by atoms with Crippen LogP contribution in [0, 0.1) is 12.7 Å². The highest BCUT2D eigenvalue weighted by atomic mass is 19.1. The van der Waals surface area contributed by atoms with E-state index in [9.17, 15) is 4.39 Å². The molecule has 0 bridgehead atoms. The lowest BCUT2D eigenvalue weighted by Crippen LogP contribution is -2.07. The van der Waals surface area contributed by atoms with Crippen molar-refractivity contribution in [2.24, 2.45) is 0 Å². The zero-order chi connectivity index (χ0) is 12.3. The Kier molecular flexibility index (Phi) is 3.42. The first-order valence-electron chi connectivity index (χ1n) is 5.71. The number of halogens is 1. The molecule has 3 nitrogen and oxygen atoms in total. The summed E-state index contributed by atoms with van der Waals surface area (Å²) in [6, 6.07) is 7.01. The SMILES string of the molecule is CCn1nccc1CNc1ccc(F)c(C)c1. The summed E-state index contributed by atoms with van der Waals surface area (Å²) in [4.78, 5) is 0. The molecule has 90 valence electrons. The van der Waals surface area contributed by atoms with E-state index in [1.54, 1.807) is 19.2 Å². The largest absolute Gasteiger partial charge is 0.379 e. The lowest BCUT2D eigenvalue weighted by molar-refractivity contribution is 0.618. The summed E-state index contributed by atoms with van der Waals surface area (Å²) < 4.78 is 15.0. The third-order valence-electron chi connectivity index (χ3n) is 2.74. The Morgan fingerprint density at radius 3 is 2.88 bits per heavy atom. The van der Waals surface area contributed by atoms with Crippen molar-refractivity contribution in [2.45, 2.75) is 26.9 Å². The van der Waals surface area contributed by atoms with Crippen molar-refractivity contribution in [1.29, 1.82) is 0 Å². The van der Waals surface area contributed by atoms with Gasteiger partial charge in [-0.3, -0.25) is 4.68 Å². The van der Waals surface area contributed by atoms with Crippen LogP contribution in [0.3, 0.4) is 0 Å². The maximum atomic E-state index is 13.1. The summed E-state index contributed by atoms with van der Waals surface area (Å²) in [6.07, 6.45) is 1.79. The van der Waals surface area contributed by atoms with Crippen LogP contribution in [0.25, 0.3) is 0 Å². The van der Waals surface area contributed by atoms with E-state index in [-0.39, 0.29) is 5.82 Å². The first-order valence-corrected chi connectivity index (χ1v) is 5.71. The van der Waals surface area contributed by atoms with E-state index in [1.807, 2.05) is 16.8 Å². The molecule has 0 atom stereocenters. The first-order chi connectivity index (χ1) is 8.20. The zero-order valence-electron chi connectivity index (χ0n) is 10.1. The van der Waals surface area contributed by atoms with Crippen molar-refractivity contribution in [3.05, 3.63) is 47.5 Å². The minimum Gasteiger partial charge on any atom is -0.379 e.